The van der Waals surface area contributed by atoms with Crippen LogP contribution in [0.4, 0.5) is 38.4 Å². The maximum absolute atomic E-state index is 12.6. The van der Waals surface area contributed by atoms with E-state index in [2.05, 4.69) is 42.5 Å². The molecule has 11 aliphatic rings. The van der Waals surface area contributed by atoms with Crippen molar-refractivity contribution in [2.24, 2.45) is 35.3 Å². The van der Waals surface area contributed by atoms with Crippen LogP contribution in [0.5, 0.6) is 0 Å². The van der Waals surface area contributed by atoms with E-state index in [1.54, 1.807) is 6.92 Å². The minimum atomic E-state index is -1.35. The molecular weight excluding hydrogens is 1570 g/mol. The quantitative estimate of drug-likeness (QED) is 0.0691. The van der Waals surface area contributed by atoms with Crippen molar-refractivity contribution in [2.75, 3.05) is 19.6 Å². The molecule has 39 nitrogen and oxygen atoms in total. The predicted molar refractivity (Wildman–Crippen MR) is 364 cm³/mol. The number of alkyl carbamates (subject to hydrolysis) is 8. The molecular formula is C69H93BaN9O30. The number of aliphatic hydroxyl groups excluding tert-OH is 5. The largest absolute Gasteiger partial charge is 2.00 e. The maximum Gasteiger partial charge on any atom is 2.00 e. The van der Waals surface area contributed by atoms with Crippen molar-refractivity contribution >= 4 is 97.6 Å². The van der Waals surface area contributed by atoms with Crippen LogP contribution in [0, 0.1) is 29.6 Å². The first-order chi connectivity index (χ1) is 50.8. The number of ether oxygens (including phenoxy) is 15. The topological polar surface area (TPSA) is 558 Å². The van der Waals surface area contributed by atoms with Crippen LogP contribution in [0.15, 0.2) is 91.0 Å². The minimum absolute atomic E-state index is 0. The second-order valence-electron chi connectivity index (χ2n) is 28.0. The minimum Gasteiger partial charge on any atom is -0.870 e. The SMILES string of the molecule is CC1[C@@H](O[C@@H]2C(NC(=O)OCc3ccccc3)C[C@@H](N)C(O)[C@H]2O)OC2CNC(=O)O[C@H]2[C@@H]1C.CC1[C@@H](O[C@@H]2C(NC(=O)OCc3ccccc3)C[C@H]3NC(=O)OC3[C@H]2O)OC2CNC(=O)O[C@H]2[C@@H]1O.CC1[C@@H](O[C@@H]2C(NC(=O)OCc3ccccc3)O[C@H]3NC(=O)OC3[C@H]2O)OC2CNC(=O)O[C@H]2[C@@H]1C.[Ba+2].[OH-].[OH-]. The van der Waals surface area contributed by atoms with E-state index >= 15 is 0 Å². The molecule has 0 radical (unpaired) electrons. The van der Waals surface area contributed by atoms with Gasteiger partial charge in [-0.15, -0.1) is 0 Å². The number of nitrogens with one attached hydrogen (secondary N) is 8. The van der Waals surface area contributed by atoms with Crippen molar-refractivity contribution in [3.05, 3.63) is 108 Å². The van der Waals surface area contributed by atoms with E-state index in [0.29, 0.717) is 0 Å². The van der Waals surface area contributed by atoms with Gasteiger partial charge in [0, 0.05) is 35.6 Å². The molecule has 12 unspecified atom stereocenters. The molecule has 2 saturated carbocycles. The molecule has 17 N–H and O–H groups in total. The summed E-state index contributed by atoms with van der Waals surface area (Å²) in [6.45, 7) is 10.1. The number of aliphatic hydroxyl groups is 5. The van der Waals surface area contributed by atoms with Crippen molar-refractivity contribution in [3.63, 3.8) is 0 Å². The number of fused-ring (bicyclic) bond motifs is 5. The van der Waals surface area contributed by atoms with Gasteiger partial charge in [-0.05, 0) is 29.5 Å². The van der Waals surface area contributed by atoms with E-state index in [1.165, 1.54) is 0 Å². The molecule has 14 rings (SSSR count). The van der Waals surface area contributed by atoms with Gasteiger partial charge < -0.3 is 145 Å². The fraction of sp³-hybridized carbons (Fsp3) is 0.623. The molecule has 9 heterocycles. The van der Waals surface area contributed by atoms with Gasteiger partial charge in [0.25, 0.3) is 0 Å². The Labute approximate surface area is 664 Å². The third-order valence-corrected chi connectivity index (χ3v) is 21.0. The number of hydrogen-bond acceptors (Lipinski definition) is 31. The molecule has 3 aromatic carbocycles. The molecule has 9 saturated heterocycles. The van der Waals surface area contributed by atoms with Crippen molar-refractivity contribution < 1.29 is 146 Å². The molecule has 2 aliphatic carbocycles. The summed E-state index contributed by atoms with van der Waals surface area (Å²) < 4.78 is 84.6. The summed E-state index contributed by atoms with van der Waals surface area (Å²) in [5.41, 5.74) is 8.42. The van der Waals surface area contributed by atoms with Crippen molar-refractivity contribution in [3.8, 4) is 0 Å². The Morgan fingerprint density at radius 1 is 0.431 bits per heavy atom. The van der Waals surface area contributed by atoms with Crippen LogP contribution in [-0.2, 0) is 90.9 Å². The number of benzene rings is 3. The van der Waals surface area contributed by atoms with Gasteiger partial charge in [0.05, 0.1) is 43.9 Å². The molecule has 3 aromatic rings. The normalized spacial score (nSPS) is 38.5. The third-order valence-electron chi connectivity index (χ3n) is 21.0. The van der Waals surface area contributed by atoms with Crippen molar-refractivity contribution in [1.29, 1.82) is 0 Å². The molecule has 109 heavy (non-hydrogen) atoms. The van der Waals surface area contributed by atoms with Gasteiger partial charge in [-0.1, -0.05) is 126 Å². The van der Waals surface area contributed by atoms with Crippen molar-refractivity contribution in [2.45, 2.75) is 220 Å². The first kappa shape index (κ1) is 85.8. The summed E-state index contributed by atoms with van der Waals surface area (Å²) in [5.74, 6) is -1.29. The number of carbonyl (C=O) groups is 8. The standard InChI is InChI=1S/2C23H29N3O10.C23H33N3O8.Ba.2H2O/c1-10-11(2)20(32-13-8-24-21(28)34-15(10)13)33-16-14(27)17-19(26-23(30)35-17)36-18(16)25-22(29)31-9-12-6-4-3-5-7-12;1-10-15(27)19-14(8-24-21(29)36-19)33-20(10)34-17-12(7-13-18(16(17)28)35-23(31)26-13)25-22(30)32-9-11-5-3-2-4-6-11;1-11-12(2)21(32-16-9-25-22(29)34-19(11)16)33-20-15(8-14(24)17(27)18(20)28)26-23(30)31-10-13-6-4-3-5-7-13;;;/h3-7,10-11,13-20,27H,8-9H2,1-2H3,(H,24,28)(H,25,29)(H,26,30);2-6,10,12-20,27-28H,7-9H2,1H3,(H,24,29)(H,25,30)(H,26,31);3-7,11-12,14-21,27-28H,8-10,24H2,1-2H3,(H,25,29)(H,26,30);;2*1H2/q;;;+2;;/p-2/t10-,11?,13?,14+,15+,16+,17?,18?,19-,20-;10?,12?,13-,14?,15-,16+,17-,18?,19-,20-;11-,12?,14-,15?,16?,17?,18-,19+,20-,21-;;;/m111.../s1. The molecule has 11 fully saturated rings. The Bertz CT molecular complexity index is 3380. The maximum atomic E-state index is 12.6. The molecule has 596 valence electrons. The smallest absolute Gasteiger partial charge is 0.870 e. The van der Waals surface area contributed by atoms with E-state index in [-0.39, 0.29) is 136 Å². The van der Waals surface area contributed by atoms with E-state index in [9.17, 15) is 63.9 Å². The molecule has 0 aromatic heterocycles. The molecule has 9 aliphatic heterocycles. The van der Waals surface area contributed by atoms with Crippen LogP contribution in [0.2, 0.25) is 0 Å². The molecule has 0 spiro atoms. The molecule has 8 amide bonds. The Kier molecular flexibility index (Phi) is 30.2. The first-order valence-corrected chi connectivity index (χ1v) is 35.3. The van der Waals surface area contributed by atoms with Gasteiger partial charge in [-0.3, -0.25) is 10.6 Å². The Morgan fingerprint density at radius 2 is 0.807 bits per heavy atom. The van der Waals surface area contributed by atoms with E-state index in [0.717, 1.165) is 16.7 Å². The average molecular weight is 1670 g/mol. The predicted octanol–water partition coefficient (Wildman–Crippen LogP) is -0.216. The number of amides is 8. The first-order valence-electron chi connectivity index (χ1n) is 35.3. The zero-order valence-corrected chi connectivity index (χ0v) is 64.4. The Morgan fingerprint density at radius 3 is 1.28 bits per heavy atom. The fourth-order valence-electron chi connectivity index (χ4n) is 14.6. The summed E-state index contributed by atoms with van der Waals surface area (Å²) in [5, 5.41) is 74.8. The monoisotopic (exact) mass is 1670 g/mol. The van der Waals surface area contributed by atoms with Gasteiger partial charge in [-0.25, -0.2) is 38.4 Å². The van der Waals surface area contributed by atoms with Gasteiger partial charge in [0.15, 0.2) is 49.6 Å². The van der Waals surface area contributed by atoms with Crippen LogP contribution in [0.25, 0.3) is 0 Å². The van der Waals surface area contributed by atoms with Crippen LogP contribution in [0.3, 0.4) is 0 Å². The molecule has 40 heteroatoms. The zero-order chi connectivity index (χ0) is 75.2. The van der Waals surface area contributed by atoms with Gasteiger partial charge in [0.1, 0.15) is 93.1 Å². The van der Waals surface area contributed by atoms with Gasteiger partial charge >= 0.3 is 97.6 Å². The van der Waals surface area contributed by atoms with Gasteiger partial charge in [-0.2, -0.15) is 0 Å². The molecule has 30 atom stereocenters. The van der Waals surface area contributed by atoms with E-state index < -0.39 is 208 Å². The third kappa shape index (κ3) is 20.5. The van der Waals surface area contributed by atoms with Gasteiger partial charge in [0.2, 0.25) is 0 Å². The van der Waals surface area contributed by atoms with Crippen molar-refractivity contribution in [1.82, 2.24) is 42.5 Å². The van der Waals surface area contributed by atoms with E-state index in [4.69, 9.17) is 76.8 Å². The number of nitrogens with two attached hydrogens (primary N) is 1. The van der Waals surface area contributed by atoms with Crippen LogP contribution in [-0.4, -0.2) is 307 Å². The van der Waals surface area contributed by atoms with E-state index in [1.807, 2.05) is 119 Å². The number of rotatable bonds is 15. The summed E-state index contributed by atoms with van der Waals surface area (Å²) >= 11 is 0. The summed E-state index contributed by atoms with van der Waals surface area (Å²) in [6, 6.07) is 24.7. The zero-order valence-electron chi connectivity index (χ0n) is 59.9. The fourth-order valence-corrected chi connectivity index (χ4v) is 14.6. The number of hydrogen-bond donors (Lipinski definition) is 14. The van der Waals surface area contributed by atoms with Crippen LogP contribution < -0.4 is 48.3 Å². The average Bonchev–Trinajstić information content (AvgIpc) is 1.77. The van der Waals surface area contributed by atoms with Crippen LogP contribution in [0.1, 0.15) is 64.2 Å². The Hall–Kier alpha value is -7.21. The second-order valence-corrected chi connectivity index (χ2v) is 28.0. The summed E-state index contributed by atoms with van der Waals surface area (Å²) in [4.78, 5) is 96.1. The summed E-state index contributed by atoms with van der Waals surface area (Å²) in [6.07, 6.45) is -24.5. The summed E-state index contributed by atoms with van der Waals surface area (Å²) in [7, 11) is 0. The van der Waals surface area contributed by atoms with Crippen LogP contribution >= 0.6 is 0 Å². The number of carbonyl (C=O) groups excluding carboxylic acids is 8. The Balaban J connectivity index is 0.000000186. The molecule has 0 bridgehead atoms. The second kappa shape index (κ2) is 38.3.